The maximum atomic E-state index is 13.2. The van der Waals surface area contributed by atoms with E-state index in [9.17, 15) is 23.2 Å². The molecule has 176 valence electrons. The van der Waals surface area contributed by atoms with Crippen molar-refractivity contribution in [1.29, 1.82) is 5.26 Å². The number of halogens is 4. The molecule has 4 N–H and O–H groups in total. The van der Waals surface area contributed by atoms with Crippen molar-refractivity contribution in [2.75, 3.05) is 18.8 Å². The number of nitrogens with zero attached hydrogens (tertiary/aromatic N) is 3. The fourth-order valence-electron chi connectivity index (χ4n) is 4.17. The highest BCUT2D eigenvalue weighted by atomic mass is 35.5. The van der Waals surface area contributed by atoms with Gasteiger partial charge in [-0.05, 0) is 50.5 Å². The Morgan fingerprint density at radius 3 is 2.64 bits per heavy atom. The second-order valence-corrected chi connectivity index (χ2v) is 9.68. The summed E-state index contributed by atoms with van der Waals surface area (Å²) in [6, 6.07) is 4.83. The maximum Gasteiger partial charge on any atom is 0.416 e. The molecular weight excluding hydrogens is 457 g/mol. The van der Waals surface area contributed by atoms with Crippen LogP contribution in [-0.4, -0.2) is 34.9 Å². The zero-order valence-electron chi connectivity index (χ0n) is 18.2. The van der Waals surface area contributed by atoms with Crippen LogP contribution < -0.4 is 16.4 Å². The van der Waals surface area contributed by atoms with Gasteiger partial charge in [-0.25, -0.2) is 0 Å². The number of hydrogen-bond donors (Lipinski definition) is 3. The molecule has 1 aromatic rings. The lowest BCUT2D eigenvalue weighted by atomic mass is 9.98. The molecule has 11 heteroatoms. The van der Waals surface area contributed by atoms with Crippen LogP contribution in [0, 0.1) is 16.7 Å². The second kappa shape index (κ2) is 7.83. The lowest BCUT2D eigenvalue weighted by Gasteiger charge is -2.41. The molecule has 3 aliphatic rings. The summed E-state index contributed by atoms with van der Waals surface area (Å²) in [5, 5.41) is 14.6. The molecule has 1 unspecified atom stereocenters. The zero-order valence-corrected chi connectivity index (χ0v) is 18.9. The third-order valence-corrected chi connectivity index (χ3v) is 6.33. The number of alkyl halides is 4. The van der Waals surface area contributed by atoms with E-state index in [1.54, 1.807) is 18.7 Å². The first-order chi connectivity index (χ1) is 15.3. The molecule has 0 spiro atoms. The van der Waals surface area contributed by atoms with Crippen molar-refractivity contribution in [2.24, 2.45) is 10.4 Å². The van der Waals surface area contributed by atoms with E-state index in [-0.39, 0.29) is 18.1 Å². The predicted molar refractivity (Wildman–Crippen MR) is 118 cm³/mol. The molecule has 0 radical (unpaired) electrons. The number of nitrogens with one attached hydrogen (secondary N) is 2. The number of amidine groups is 1. The molecule has 1 saturated carbocycles. The molecular formula is C22H24ClF3N6O. The van der Waals surface area contributed by atoms with E-state index in [4.69, 9.17) is 17.3 Å². The van der Waals surface area contributed by atoms with Crippen LogP contribution in [0.4, 0.5) is 18.9 Å². The van der Waals surface area contributed by atoms with Gasteiger partial charge in [0, 0.05) is 29.9 Å². The zero-order chi connectivity index (χ0) is 24.2. The fraction of sp³-hybridized carbons (Fsp3) is 0.500. The first kappa shape index (κ1) is 23.2. The van der Waals surface area contributed by atoms with Crippen molar-refractivity contribution in [3.63, 3.8) is 0 Å². The Morgan fingerprint density at radius 1 is 1.33 bits per heavy atom. The van der Waals surface area contributed by atoms with Gasteiger partial charge in [-0.15, -0.1) is 0 Å². The number of rotatable bonds is 3. The molecule has 1 amide bonds. The van der Waals surface area contributed by atoms with Crippen molar-refractivity contribution >= 4 is 29.0 Å². The van der Waals surface area contributed by atoms with E-state index in [0.717, 1.165) is 17.8 Å². The molecule has 2 atom stereocenters. The summed E-state index contributed by atoms with van der Waals surface area (Å²) in [7, 11) is 0. The van der Waals surface area contributed by atoms with Crippen LogP contribution in [0.5, 0.6) is 0 Å². The summed E-state index contributed by atoms with van der Waals surface area (Å²) in [5.74, 6) is 0.192. The number of anilines is 1. The van der Waals surface area contributed by atoms with Gasteiger partial charge in [0.1, 0.15) is 11.3 Å². The number of nitriles is 1. The third kappa shape index (κ3) is 4.60. The van der Waals surface area contributed by atoms with E-state index in [0.29, 0.717) is 42.8 Å². The summed E-state index contributed by atoms with van der Waals surface area (Å²) < 4.78 is 39.7. The normalized spacial score (nSPS) is 26.1. The molecule has 4 rings (SSSR count). The average molecular weight is 481 g/mol. The van der Waals surface area contributed by atoms with Crippen LogP contribution in [0.25, 0.3) is 0 Å². The monoisotopic (exact) mass is 480 g/mol. The van der Waals surface area contributed by atoms with E-state index in [1.165, 1.54) is 6.07 Å². The van der Waals surface area contributed by atoms with E-state index < -0.39 is 28.3 Å². The lowest BCUT2D eigenvalue weighted by molar-refractivity contribution is -0.137. The molecule has 7 nitrogen and oxygen atoms in total. The van der Waals surface area contributed by atoms with Crippen molar-refractivity contribution in [1.82, 2.24) is 15.5 Å². The number of nitrogen functional groups attached to an aromatic ring is 1. The predicted octanol–water partition coefficient (Wildman–Crippen LogP) is 3.64. The number of hydrogen-bond acceptors (Lipinski definition) is 5. The highest BCUT2D eigenvalue weighted by molar-refractivity contribution is 6.25. The van der Waals surface area contributed by atoms with Crippen LogP contribution in [0.2, 0.25) is 0 Å². The van der Waals surface area contributed by atoms with Crippen LogP contribution in [0.3, 0.4) is 0 Å². The van der Waals surface area contributed by atoms with Gasteiger partial charge in [-0.2, -0.15) is 18.4 Å². The highest BCUT2D eigenvalue weighted by Crippen LogP contribution is 2.47. The Balaban J connectivity index is 1.66. The summed E-state index contributed by atoms with van der Waals surface area (Å²) >= 11 is 6.50. The smallest absolute Gasteiger partial charge is 0.399 e. The highest BCUT2D eigenvalue weighted by Gasteiger charge is 2.53. The van der Waals surface area contributed by atoms with E-state index in [1.807, 2.05) is 0 Å². The minimum atomic E-state index is -4.53. The lowest BCUT2D eigenvalue weighted by Crippen LogP contribution is -2.59. The number of carbonyl (C=O) groups is 1. The number of nitrogens with two attached hydrogens (primary N) is 1. The van der Waals surface area contributed by atoms with Crippen LogP contribution in [0.1, 0.15) is 50.3 Å². The Hall–Kier alpha value is -2.93. The Labute approximate surface area is 194 Å². The molecule has 0 saturated heterocycles. The average Bonchev–Trinajstić information content (AvgIpc) is 3.52. The molecule has 0 aromatic heterocycles. The van der Waals surface area contributed by atoms with Gasteiger partial charge in [0.25, 0.3) is 0 Å². The van der Waals surface area contributed by atoms with Gasteiger partial charge in [0.05, 0.1) is 24.2 Å². The van der Waals surface area contributed by atoms with Crippen molar-refractivity contribution in [3.8, 4) is 6.07 Å². The van der Waals surface area contributed by atoms with Gasteiger partial charge in [0.15, 0.2) is 5.12 Å². The molecule has 1 aromatic carbocycles. The standard InChI is InChI=1S/C22H24ClF3N6O/c1-12(13-7-14(22(24,25)26)9-15(28)8-13)29-18-16-10-32(19(33)21(11-27)4-5-21)6-3-17(16)30-20(2,23)31-18/h7-9,12,30H,3-6,10,28H2,1-2H3,(H,29,31)/t12-,20?/m1/s1. The Kier molecular flexibility index (Phi) is 5.52. The maximum absolute atomic E-state index is 13.2. The van der Waals surface area contributed by atoms with Gasteiger partial charge in [-0.3, -0.25) is 9.79 Å². The van der Waals surface area contributed by atoms with Gasteiger partial charge >= 0.3 is 6.18 Å². The largest absolute Gasteiger partial charge is 0.416 e. The Bertz CT molecular complexity index is 1100. The number of benzene rings is 1. The summed E-state index contributed by atoms with van der Waals surface area (Å²) in [6.07, 6.45) is -2.93. The molecule has 2 heterocycles. The van der Waals surface area contributed by atoms with Gasteiger partial charge < -0.3 is 21.3 Å². The van der Waals surface area contributed by atoms with E-state index in [2.05, 4.69) is 21.7 Å². The van der Waals surface area contributed by atoms with Crippen LogP contribution in [0.15, 0.2) is 34.5 Å². The molecule has 1 aliphatic carbocycles. The number of aliphatic imine (C=N–C) groups is 1. The fourth-order valence-corrected chi connectivity index (χ4v) is 4.37. The van der Waals surface area contributed by atoms with Gasteiger partial charge in [-0.1, -0.05) is 11.6 Å². The topological polar surface area (TPSA) is 107 Å². The van der Waals surface area contributed by atoms with Gasteiger partial charge in [0.2, 0.25) is 5.91 Å². The Morgan fingerprint density at radius 2 is 2.03 bits per heavy atom. The number of amides is 1. The molecule has 0 bridgehead atoms. The van der Waals surface area contributed by atoms with Crippen molar-refractivity contribution < 1.29 is 18.0 Å². The molecule has 2 aliphatic heterocycles. The first-order valence-electron chi connectivity index (χ1n) is 10.6. The summed E-state index contributed by atoms with van der Waals surface area (Å²) in [4.78, 5) is 19.2. The first-order valence-corrected chi connectivity index (χ1v) is 11.0. The van der Waals surface area contributed by atoms with Crippen molar-refractivity contribution in [3.05, 3.63) is 40.6 Å². The second-order valence-electron chi connectivity index (χ2n) is 8.92. The summed E-state index contributed by atoms with van der Waals surface area (Å²) in [5.41, 5.74) is 5.75. The molecule has 33 heavy (non-hydrogen) atoms. The SMILES string of the molecule is C[C@@H](N=C1NC(C)(Cl)NC2=C1CN(C(=O)C1(C#N)CC1)CC2)c1cc(N)cc(C(F)(F)F)c1. The van der Waals surface area contributed by atoms with Crippen LogP contribution in [-0.2, 0) is 11.0 Å². The van der Waals surface area contributed by atoms with Crippen LogP contribution >= 0.6 is 11.6 Å². The minimum absolute atomic E-state index is 0.00657. The van der Waals surface area contributed by atoms with Crippen molar-refractivity contribution in [2.45, 2.75) is 50.5 Å². The molecule has 1 fully saturated rings. The third-order valence-electron chi connectivity index (χ3n) is 6.14. The number of carbonyl (C=O) groups excluding carboxylic acids is 1. The minimum Gasteiger partial charge on any atom is -0.399 e. The quantitative estimate of drug-likeness (QED) is 0.348. The van der Waals surface area contributed by atoms with E-state index >= 15 is 0 Å². The summed E-state index contributed by atoms with van der Waals surface area (Å²) in [6.45, 7) is 4.03.